The second kappa shape index (κ2) is 8.87. The van der Waals surface area contributed by atoms with Crippen molar-refractivity contribution in [1.29, 1.82) is 0 Å². The maximum absolute atomic E-state index is 11.0. The average molecular weight is 340 g/mol. The van der Waals surface area contributed by atoms with Gasteiger partial charge in [-0.2, -0.15) is 0 Å². The van der Waals surface area contributed by atoms with E-state index in [1.807, 2.05) is 63.3 Å². The molecule has 1 atom stereocenters. The lowest BCUT2D eigenvalue weighted by atomic mass is 10.1. The van der Waals surface area contributed by atoms with Crippen LogP contribution in [0.1, 0.15) is 33.3 Å². The highest BCUT2D eigenvalue weighted by Gasteiger charge is 2.02. The molecule has 132 valence electrons. The Balaban J connectivity index is 1.93. The summed E-state index contributed by atoms with van der Waals surface area (Å²) in [6.45, 7) is 7.35. The van der Waals surface area contributed by atoms with E-state index in [9.17, 15) is 4.79 Å². The van der Waals surface area contributed by atoms with Crippen LogP contribution in [0.3, 0.4) is 0 Å². The maximum atomic E-state index is 11.0. The van der Waals surface area contributed by atoms with E-state index in [1.54, 1.807) is 12.3 Å². The fraction of sp³-hybridized carbons (Fsp3) is 0.300. The number of benzene rings is 1. The molecular formula is C20H24N2O3. The molecule has 0 aliphatic rings. The van der Waals surface area contributed by atoms with Gasteiger partial charge in [-0.15, -0.1) is 0 Å². The normalized spacial score (nSPS) is 12.2. The van der Waals surface area contributed by atoms with Crippen LogP contribution in [0, 0.1) is 0 Å². The van der Waals surface area contributed by atoms with Crippen LogP contribution in [-0.2, 0) is 4.79 Å². The van der Waals surface area contributed by atoms with Crippen LogP contribution in [0.2, 0.25) is 0 Å². The van der Waals surface area contributed by atoms with E-state index in [2.05, 4.69) is 10.3 Å². The highest BCUT2D eigenvalue weighted by Crippen LogP contribution is 2.23. The van der Waals surface area contributed by atoms with Gasteiger partial charge in [0.1, 0.15) is 11.5 Å². The maximum Gasteiger partial charge on any atom is 0.217 e. The van der Waals surface area contributed by atoms with Gasteiger partial charge < -0.3 is 14.8 Å². The van der Waals surface area contributed by atoms with Crippen molar-refractivity contribution in [2.75, 3.05) is 0 Å². The topological polar surface area (TPSA) is 60.5 Å². The molecule has 0 spiro atoms. The first kappa shape index (κ1) is 18.5. The second-order valence-electron chi connectivity index (χ2n) is 6.02. The smallest absolute Gasteiger partial charge is 0.217 e. The standard InChI is InChI=1S/C20H24N2O3/c1-14(2)24-20-12-11-19(13-21-20)25-18-9-7-17(8-10-18)6-5-15(3)22-16(4)23/h5-15H,1-4H3,(H,22,23). The minimum Gasteiger partial charge on any atom is -0.475 e. The van der Waals surface area contributed by atoms with Crippen molar-refractivity contribution in [2.24, 2.45) is 0 Å². The zero-order valence-electron chi connectivity index (χ0n) is 15.0. The molecule has 0 aliphatic heterocycles. The summed E-state index contributed by atoms with van der Waals surface area (Å²) in [5, 5.41) is 2.81. The number of hydrogen-bond acceptors (Lipinski definition) is 4. The van der Waals surface area contributed by atoms with Gasteiger partial charge in [-0.3, -0.25) is 4.79 Å². The van der Waals surface area contributed by atoms with Gasteiger partial charge in [0.05, 0.1) is 12.3 Å². The number of nitrogens with one attached hydrogen (secondary N) is 1. The molecule has 1 heterocycles. The molecule has 1 aromatic carbocycles. The van der Waals surface area contributed by atoms with E-state index < -0.39 is 0 Å². The van der Waals surface area contributed by atoms with Crippen LogP contribution < -0.4 is 14.8 Å². The van der Waals surface area contributed by atoms with Crippen molar-refractivity contribution >= 4 is 12.0 Å². The summed E-state index contributed by atoms with van der Waals surface area (Å²) < 4.78 is 11.3. The van der Waals surface area contributed by atoms with Crippen molar-refractivity contribution in [1.82, 2.24) is 10.3 Å². The second-order valence-corrected chi connectivity index (χ2v) is 6.02. The molecule has 1 N–H and O–H groups in total. The van der Waals surface area contributed by atoms with Crippen molar-refractivity contribution in [3.8, 4) is 17.4 Å². The largest absolute Gasteiger partial charge is 0.475 e. The summed E-state index contributed by atoms with van der Waals surface area (Å²) in [6.07, 6.45) is 5.63. The molecule has 5 nitrogen and oxygen atoms in total. The van der Waals surface area contributed by atoms with Gasteiger partial charge in [-0.05, 0) is 44.5 Å². The van der Waals surface area contributed by atoms with Crippen molar-refractivity contribution in [2.45, 2.75) is 39.8 Å². The number of amides is 1. The number of aromatic nitrogens is 1. The number of rotatable bonds is 7. The molecule has 0 fully saturated rings. The molecule has 0 saturated carbocycles. The molecule has 0 aliphatic carbocycles. The van der Waals surface area contributed by atoms with Gasteiger partial charge in [0.15, 0.2) is 0 Å². The third-order valence-electron chi connectivity index (χ3n) is 3.19. The third-order valence-corrected chi connectivity index (χ3v) is 3.19. The number of ether oxygens (including phenoxy) is 2. The number of pyridine rings is 1. The first-order valence-corrected chi connectivity index (χ1v) is 8.28. The zero-order chi connectivity index (χ0) is 18.2. The molecule has 0 bridgehead atoms. The number of carbonyl (C=O) groups is 1. The molecule has 2 rings (SSSR count). The predicted molar refractivity (Wildman–Crippen MR) is 98.8 cm³/mol. The summed E-state index contributed by atoms with van der Waals surface area (Å²) in [7, 11) is 0. The lowest BCUT2D eigenvalue weighted by Gasteiger charge is -2.10. The molecule has 1 aromatic heterocycles. The highest BCUT2D eigenvalue weighted by molar-refractivity contribution is 5.73. The van der Waals surface area contributed by atoms with Gasteiger partial charge in [0.2, 0.25) is 11.8 Å². The Morgan fingerprint density at radius 1 is 1.08 bits per heavy atom. The molecular weight excluding hydrogens is 316 g/mol. The molecule has 25 heavy (non-hydrogen) atoms. The Hall–Kier alpha value is -2.82. The van der Waals surface area contributed by atoms with Gasteiger partial charge >= 0.3 is 0 Å². The number of nitrogens with zero attached hydrogens (tertiary/aromatic N) is 1. The summed E-state index contributed by atoms with van der Waals surface area (Å²) in [5.41, 5.74) is 1.03. The molecule has 1 amide bonds. The fourth-order valence-electron chi connectivity index (χ4n) is 2.15. The third kappa shape index (κ3) is 6.67. The van der Waals surface area contributed by atoms with Gasteiger partial charge in [-0.1, -0.05) is 24.3 Å². The molecule has 2 aromatic rings. The summed E-state index contributed by atoms with van der Waals surface area (Å²) in [4.78, 5) is 15.2. The van der Waals surface area contributed by atoms with Crippen LogP contribution in [0.15, 0.2) is 48.7 Å². The Morgan fingerprint density at radius 2 is 1.76 bits per heavy atom. The molecule has 0 radical (unpaired) electrons. The quantitative estimate of drug-likeness (QED) is 0.820. The minimum atomic E-state index is -0.0423. The Kier molecular flexibility index (Phi) is 6.57. The molecule has 1 unspecified atom stereocenters. The Labute approximate surface area is 148 Å². The number of carbonyl (C=O) groups excluding carboxylic acids is 1. The average Bonchev–Trinajstić information content (AvgIpc) is 2.55. The molecule has 5 heteroatoms. The minimum absolute atomic E-state index is 0.00827. The van der Waals surface area contributed by atoms with E-state index in [-0.39, 0.29) is 18.1 Å². The van der Waals surface area contributed by atoms with E-state index in [0.29, 0.717) is 11.6 Å². The monoisotopic (exact) mass is 340 g/mol. The van der Waals surface area contributed by atoms with Crippen LogP contribution in [0.4, 0.5) is 0 Å². The van der Waals surface area contributed by atoms with E-state index in [4.69, 9.17) is 9.47 Å². The van der Waals surface area contributed by atoms with Gasteiger partial charge in [0, 0.05) is 19.0 Å². The van der Waals surface area contributed by atoms with Crippen LogP contribution in [0.25, 0.3) is 6.08 Å². The van der Waals surface area contributed by atoms with Crippen molar-refractivity contribution in [3.05, 3.63) is 54.2 Å². The predicted octanol–water partition coefficient (Wildman–Crippen LogP) is 4.20. The lowest BCUT2D eigenvalue weighted by molar-refractivity contribution is -0.119. The van der Waals surface area contributed by atoms with E-state index in [1.165, 1.54) is 6.92 Å². The van der Waals surface area contributed by atoms with Crippen LogP contribution in [-0.4, -0.2) is 23.0 Å². The summed E-state index contributed by atoms with van der Waals surface area (Å²) in [5.74, 6) is 1.92. The van der Waals surface area contributed by atoms with Gasteiger partial charge in [-0.25, -0.2) is 4.98 Å². The Morgan fingerprint density at radius 3 is 2.32 bits per heavy atom. The molecule has 0 saturated heterocycles. The first-order chi connectivity index (χ1) is 11.9. The van der Waals surface area contributed by atoms with Crippen LogP contribution in [0.5, 0.6) is 17.4 Å². The summed E-state index contributed by atoms with van der Waals surface area (Å²) in [6, 6.07) is 11.3. The lowest BCUT2D eigenvalue weighted by Crippen LogP contribution is -2.28. The van der Waals surface area contributed by atoms with Crippen LogP contribution >= 0.6 is 0 Å². The van der Waals surface area contributed by atoms with Crippen molar-refractivity contribution in [3.63, 3.8) is 0 Å². The zero-order valence-corrected chi connectivity index (χ0v) is 15.0. The first-order valence-electron chi connectivity index (χ1n) is 8.28. The number of hydrogen-bond donors (Lipinski definition) is 1. The van der Waals surface area contributed by atoms with E-state index in [0.717, 1.165) is 11.3 Å². The highest BCUT2D eigenvalue weighted by atomic mass is 16.5. The fourth-order valence-corrected chi connectivity index (χ4v) is 2.15. The Bertz CT molecular complexity index is 707. The summed E-state index contributed by atoms with van der Waals surface area (Å²) >= 11 is 0. The van der Waals surface area contributed by atoms with Crippen molar-refractivity contribution < 1.29 is 14.3 Å². The SMILES string of the molecule is CC(=O)NC(C)C=Cc1ccc(Oc2ccc(OC(C)C)nc2)cc1. The van der Waals surface area contributed by atoms with E-state index >= 15 is 0 Å². The van der Waals surface area contributed by atoms with Gasteiger partial charge in [0.25, 0.3) is 0 Å².